The maximum atomic E-state index is 11.5. The fourth-order valence-electron chi connectivity index (χ4n) is 1.88. The van der Waals surface area contributed by atoms with Crippen molar-refractivity contribution in [3.63, 3.8) is 0 Å². The first kappa shape index (κ1) is 11.9. The van der Waals surface area contributed by atoms with Gasteiger partial charge in [0.25, 0.3) is 10.2 Å². The molecule has 1 aliphatic carbocycles. The van der Waals surface area contributed by atoms with E-state index in [0.717, 1.165) is 19.3 Å². The van der Waals surface area contributed by atoms with Gasteiger partial charge in [-0.05, 0) is 39.0 Å². The van der Waals surface area contributed by atoms with Crippen LogP contribution < -0.4 is 9.44 Å². The van der Waals surface area contributed by atoms with E-state index in [1.165, 1.54) is 0 Å². The van der Waals surface area contributed by atoms with Gasteiger partial charge < -0.3 is 0 Å². The molecule has 0 spiro atoms. The summed E-state index contributed by atoms with van der Waals surface area (Å²) < 4.78 is 28.2. The Morgan fingerprint density at radius 1 is 1.29 bits per heavy atom. The Hall–Kier alpha value is -0.130. The Kier molecular flexibility index (Phi) is 3.92. The zero-order chi connectivity index (χ0) is 10.8. The molecule has 0 bridgehead atoms. The van der Waals surface area contributed by atoms with Gasteiger partial charge >= 0.3 is 0 Å². The summed E-state index contributed by atoms with van der Waals surface area (Å²) in [5.41, 5.74) is 0. The van der Waals surface area contributed by atoms with E-state index in [-0.39, 0.29) is 12.1 Å². The van der Waals surface area contributed by atoms with Crippen LogP contribution in [0.3, 0.4) is 0 Å². The van der Waals surface area contributed by atoms with Crippen molar-refractivity contribution in [3.05, 3.63) is 0 Å². The van der Waals surface area contributed by atoms with Gasteiger partial charge in [0.15, 0.2) is 0 Å². The predicted molar refractivity (Wildman–Crippen MR) is 57.1 cm³/mol. The van der Waals surface area contributed by atoms with E-state index in [2.05, 4.69) is 16.4 Å². The molecule has 1 rings (SSSR count). The minimum Gasteiger partial charge on any atom is -0.200 e. The van der Waals surface area contributed by atoms with Crippen LogP contribution in [0.4, 0.5) is 0 Å². The molecule has 0 saturated heterocycles. The molecule has 0 aliphatic heterocycles. The zero-order valence-electron chi connectivity index (χ0n) is 9.08. The Bertz CT molecular complexity index is 275. The highest BCUT2D eigenvalue weighted by atomic mass is 32.2. The summed E-state index contributed by atoms with van der Waals surface area (Å²) in [7, 11) is -3.29. The topological polar surface area (TPSA) is 58.2 Å². The molecule has 0 aromatic rings. The molecule has 5 heteroatoms. The molecular weight excluding hydrogens is 200 g/mol. The number of nitrogens with one attached hydrogen (secondary N) is 2. The predicted octanol–water partition coefficient (Wildman–Crippen LogP) is 1.01. The average molecular weight is 220 g/mol. The summed E-state index contributed by atoms with van der Waals surface area (Å²) in [4.78, 5) is 0. The molecule has 2 unspecified atom stereocenters. The molecular formula is C9H20N2O2S. The second kappa shape index (κ2) is 4.59. The maximum absolute atomic E-state index is 11.5. The van der Waals surface area contributed by atoms with Crippen LogP contribution in [0.25, 0.3) is 0 Å². The Labute approximate surface area is 86.6 Å². The third-order valence-corrected chi connectivity index (χ3v) is 3.83. The molecule has 1 saturated carbocycles. The summed E-state index contributed by atoms with van der Waals surface area (Å²) in [5.74, 6) is 0.641. The van der Waals surface area contributed by atoms with Gasteiger partial charge in [-0.25, -0.2) is 0 Å². The minimum atomic E-state index is -3.29. The molecule has 0 radical (unpaired) electrons. The van der Waals surface area contributed by atoms with Crippen molar-refractivity contribution in [1.29, 1.82) is 0 Å². The van der Waals surface area contributed by atoms with E-state index < -0.39 is 10.2 Å². The normalized spacial score (nSPS) is 28.6. The Morgan fingerprint density at radius 3 is 2.36 bits per heavy atom. The lowest BCUT2D eigenvalue weighted by atomic mass is 10.1. The van der Waals surface area contributed by atoms with E-state index in [1.807, 2.05) is 13.8 Å². The zero-order valence-corrected chi connectivity index (χ0v) is 9.89. The van der Waals surface area contributed by atoms with Crippen molar-refractivity contribution in [2.24, 2.45) is 5.92 Å². The monoisotopic (exact) mass is 220 g/mol. The van der Waals surface area contributed by atoms with Crippen LogP contribution in [0, 0.1) is 5.92 Å². The molecule has 2 N–H and O–H groups in total. The molecule has 1 aliphatic rings. The van der Waals surface area contributed by atoms with Crippen LogP contribution in [0.15, 0.2) is 0 Å². The van der Waals surface area contributed by atoms with E-state index in [1.54, 1.807) is 0 Å². The highest BCUT2D eigenvalue weighted by molar-refractivity contribution is 7.87. The summed E-state index contributed by atoms with van der Waals surface area (Å²) in [6.45, 7) is 5.79. The third-order valence-electron chi connectivity index (χ3n) is 2.41. The molecule has 0 amide bonds. The van der Waals surface area contributed by atoms with Crippen molar-refractivity contribution in [1.82, 2.24) is 9.44 Å². The Balaban J connectivity index is 2.43. The van der Waals surface area contributed by atoms with Gasteiger partial charge in [-0.2, -0.15) is 17.9 Å². The molecule has 14 heavy (non-hydrogen) atoms. The lowest BCUT2D eigenvalue weighted by Gasteiger charge is -2.15. The van der Waals surface area contributed by atoms with Crippen LogP contribution in [0.1, 0.15) is 40.0 Å². The van der Waals surface area contributed by atoms with Gasteiger partial charge in [0.2, 0.25) is 0 Å². The highest BCUT2D eigenvalue weighted by Gasteiger charge is 2.25. The number of hydrogen-bond donors (Lipinski definition) is 2. The van der Waals surface area contributed by atoms with Gasteiger partial charge in [-0.1, -0.05) is 6.92 Å². The first-order chi connectivity index (χ1) is 6.39. The molecule has 84 valence electrons. The van der Waals surface area contributed by atoms with Crippen molar-refractivity contribution < 1.29 is 8.42 Å². The lowest BCUT2D eigenvalue weighted by Crippen LogP contribution is -2.44. The third kappa shape index (κ3) is 3.94. The van der Waals surface area contributed by atoms with Crippen molar-refractivity contribution >= 4 is 10.2 Å². The van der Waals surface area contributed by atoms with Crippen molar-refractivity contribution in [3.8, 4) is 0 Å². The van der Waals surface area contributed by atoms with Gasteiger partial charge in [-0.3, -0.25) is 0 Å². The van der Waals surface area contributed by atoms with Gasteiger partial charge in [0, 0.05) is 12.1 Å². The minimum absolute atomic E-state index is 0.0497. The molecule has 2 atom stereocenters. The van der Waals surface area contributed by atoms with E-state index in [9.17, 15) is 8.42 Å². The van der Waals surface area contributed by atoms with Gasteiger partial charge in [0.05, 0.1) is 0 Å². The van der Waals surface area contributed by atoms with E-state index in [4.69, 9.17) is 0 Å². The molecule has 0 heterocycles. The second-order valence-corrected chi connectivity index (χ2v) is 5.99. The maximum Gasteiger partial charge on any atom is 0.277 e. The van der Waals surface area contributed by atoms with Gasteiger partial charge in [-0.15, -0.1) is 0 Å². The van der Waals surface area contributed by atoms with Crippen LogP contribution in [0.2, 0.25) is 0 Å². The quantitative estimate of drug-likeness (QED) is 0.743. The Morgan fingerprint density at radius 2 is 1.93 bits per heavy atom. The van der Waals surface area contributed by atoms with E-state index in [0.29, 0.717) is 5.92 Å². The van der Waals surface area contributed by atoms with Crippen molar-refractivity contribution in [2.75, 3.05) is 0 Å². The molecule has 4 nitrogen and oxygen atoms in total. The molecule has 0 aromatic carbocycles. The summed E-state index contributed by atoms with van der Waals surface area (Å²) in [6, 6.07) is 0.0765. The fourth-order valence-corrected chi connectivity index (χ4v) is 3.22. The van der Waals surface area contributed by atoms with Crippen LogP contribution in [-0.4, -0.2) is 20.5 Å². The van der Waals surface area contributed by atoms with Crippen LogP contribution in [0.5, 0.6) is 0 Å². The average Bonchev–Trinajstić information content (AvgIpc) is 2.30. The summed E-state index contributed by atoms with van der Waals surface area (Å²) in [6.07, 6.45) is 3.04. The highest BCUT2D eigenvalue weighted by Crippen LogP contribution is 2.24. The smallest absolute Gasteiger partial charge is 0.200 e. The SMILES string of the molecule is CC1CCC(NS(=O)(=O)NC(C)C)C1. The summed E-state index contributed by atoms with van der Waals surface area (Å²) in [5, 5.41) is 0. The van der Waals surface area contributed by atoms with Crippen molar-refractivity contribution in [2.45, 2.75) is 52.1 Å². The lowest BCUT2D eigenvalue weighted by molar-refractivity contribution is 0.521. The second-order valence-electron chi connectivity index (χ2n) is 4.51. The first-order valence-corrected chi connectivity index (χ1v) is 6.67. The first-order valence-electron chi connectivity index (χ1n) is 5.18. The van der Waals surface area contributed by atoms with Crippen LogP contribution in [-0.2, 0) is 10.2 Å². The number of hydrogen-bond acceptors (Lipinski definition) is 2. The number of rotatable bonds is 4. The molecule has 0 aromatic heterocycles. The van der Waals surface area contributed by atoms with E-state index >= 15 is 0 Å². The summed E-state index contributed by atoms with van der Waals surface area (Å²) >= 11 is 0. The largest absolute Gasteiger partial charge is 0.277 e. The fraction of sp³-hybridized carbons (Fsp3) is 1.00. The standard InChI is InChI=1S/C9H20N2O2S/c1-7(2)10-14(12,13)11-9-5-4-8(3)6-9/h7-11H,4-6H2,1-3H3. The van der Waals surface area contributed by atoms with Crippen LogP contribution >= 0.6 is 0 Å². The molecule has 1 fully saturated rings. The van der Waals surface area contributed by atoms with Gasteiger partial charge in [0.1, 0.15) is 0 Å².